The van der Waals surface area contributed by atoms with Crippen LogP contribution < -0.4 is 5.32 Å². The van der Waals surface area contributed by atoms with Gasteiger partial charge in [0.2, 0.25) is 3.79 Å². The average Bonchev–Trinajstić information content (AvgIpc) is 2.46. The van der Waals surface area contributed by atoms with Crippen LogP contribution >= 0.6 is 69.8 Å². The third kappa shape index (κ3) is 5.59. The summed E-state index contributed by atoms with van der Waals surface area (Å²) in [5.74, 6) is -0.480. The lowest BCUT2D eigenvalue weighted by molar-refractivity contribution is 0.0950. The van der Waals surface area contributed by atoms with E-state index in [4.69, 9.17) is 58.0 Å². The van der Waals surface area contributed by atoms with Crippen molar-refractivity contribution in [2.24, 2.45) is 0 Å². The van der Waals surface area contributed by atoms with Crippen LogP contribution in [0.1, 0.15) is 10.4 Å². The number of aromatic nitrogens is 1. The van der Waals surface area contributed by atoms with E-state index in [2.05, 4.69) is 10.3 Å². The molecule has 122 valence electrons. The quantitative estimate of drug-likeness (QED) is 0.390. The number of benzene rings is 1. The predicted octanol–water partition coefficient (Wildman–Crippen LogP) is 5.61. The number of carbonyl (C=O) groups excluding carboxylic acids is 1. The molecule has 0 aliphatic rings. The van der Waals surface area contributed by atoms with Gasteiger partial charge in [0.05, 0.1) is 15.6 Å². The first-order valence-electron chi connectivity index (χ1n) is 6.17. The Morgan fingerprint density at radius 3 is 2.48 bits per heavy atom. The van der Waals surface area contributed by atoms with Crippen LogP contribution in [0.25, 0.3) is 0 Å². The maximum absolute atomic E-state index is 12.4. The third-order valence-corrected chi connectivity index (χ3v) is 5.39. The lowest BCUT2D eigenvalue weighted by Gasteiger charge is -2.24. The smallest absolute Gasteiger partial charge is 0.253 e. The summed E-state index contributed by atoms with van der Waals surface area (Å²) in [7, 11) is 0. The summed E-state index contributed by atoms with van der Waals surface area (Å²) in [6, 6.07) is 9.83. The van der Waals surface area contributed by atoms with Crippen LogP contribution in [0.3, 0.4) is 0 Å². The average molecular weight is 431 g/mol. The molecule has 1 aromatic heterocycles. The standard InChI is InChI=1S/C14H9Cl5N2OS/c15-8-4-5-9(10(16)7-8)12(22)21-13(14(17,18)19)23-11-3-1-2-6-20-11/h1-7,13H,(H,21,22)/t13-/m0/s1. The number of halogens is 5. The third-order valence-electron chi connectivity index (χ3n) is 2.61. The minimum atomic E-state index is -1.74. The molecule has 9 heteroatoms. The fraction of sp³-hybridized carbons (Fsp3) is 0.143. The molecular weight excluding hydrogens is 421 g/mol. The minimum absolute atomic E-state index is 0.209. The van der Waals surface area contributed by atoms with Gasteiger partial charge in [0.1, 0.15) is 5.37 Å². The molecule has 3 nitrogen and oxygen atoms in total. The molecule has 1 N–H and O–H groups in total. The molecule has 0 saturated heterocycles. The second kappa shape index (κ2) is 8.15. The fourth-order valence-electron chi connectivity index (χ4n) is 1.59. The van der Waals surface area contributed by atoms with Crippen LogP contribution in [0.4, 0.5) is 0 Å². The van der Waals surface area contributed by atoms with E-state index >= 15 is 0 Å². The molecular formula is C14H9Cl5N2OS. The van der Waals surface area contributed by atoms with Crippen LogP contribution in [0, 0.1) is 0 Å². The molecule has 0 aliphatic heterocycles. The van der Waals surface area contributed by atoms with Gasteiger partial charge in [-0.05, 0) is 30.3 Å². The van der Waals surface area contributed by atoms with Crippen molar-refractivity contribution in [2.75, 3.05) is 0 Å². The van der Waals surface area contributed by atoms with Gasteiger partial charge in [-0.15, -0.1) is 0 Å². The largest absolute Gasteiger partial charge is 0.336 e. The van der Waals surface area contributed by atoms with Crippen molar-refractivity contribution in [3.63, 3.8) is 0 Å². The SMILES string of the molecule is O=C(N[C@@H](Sc1ccccn1)C(Cl)(Cl)Cl)c1ccc(Cl)cc1Cl. The van der Waals surface area contributed by atoms with Crippen LogP contribution in [0.15, 0.2) is 47.6 Å². The molecule has 1 atom stereocenters. The number of thioether (sulfide) groups is 1. The summed E-state index contributed by atoms with van der Waals surface area (Å²) in [6.07, 6.45) is 1.61. The Balaban J connectivity index is 2.19. The molecule has 0 saturated carbocycles. The van der Waals surface area contributed by atoms with Gasteiger partial charge in [0.25, 0.3) is 5.91 Å². The van der Waals surface area contributed by atoms with Gasteiger partial charge in [0.15, 0.2) is 0 Å². The molecule has 0 bridgehead atoms. The second-order valence-corrected chi connectivity index (χ2v) is 8.64. The zero-order valence-corrected chi connectivity index (χ0v) is 15.9. The number of pyridine rings is 1. The van der Waals surface area contributed by atoms with Crippen molar-refractivity contribution >= 4 is 75.7 Å². The maximum atomic E-state index is 12.4. The number of rotatable bonds is 4. The van der Waals surface area contributed by atoms with E-state index in [-0.39, 0.29) is 10.6 Å². The second-order valence-electron chi connectivity index (χ2n) is 4.31. The van der Waals surface area contributed by atoms with Gasteiger partial charge in [-0.2, -0.15) is 0 Å². The molecule has 2 rings (SSSR count). The molecule has 1 heterocycles. The highest BCUT2D eigenvalue weighted by atomic mass is 35.6. The zero-order chi connectivity index (χ0) is 17.0. The zero-order valence-electron chi connectivity index (χ0n) is 11.3. The summed E-state index contributed by atoms with van der Waals surface area (Å²) < 4.78 is -1.74. The van der Waals surface area contributed by atoms with Crippen LogP contribution in [-0.4, -0.2) is 20.1 Å². The Morgan fingerprint density at radius 1 is 1.17 bits per heavy atom. The molecule has 0 fully saturated rings. The molecule has 1 amide bonds. The summed E-state index contributed by atoms with van der Waals surface area (Å²) >= 11 is 30.8. The number of nitrogens with one attached hydrogen (secondary N) is 1. The van der Waals surface area contributed by atoms with E-state index in [0.717, 1.165) is 11.8 Å². The highest BCUT2D eigenvalue weighted by molar-refractivity contribution is 8.00. The first-order chi connectivity index (χ1) is 10.8. The molecule has 0 aliphatic carbocycles. The Bertz CT molecular complexity index is 693. The molecule has 2 aromatic rings. The molecule has 0 radical (unpaired) electrons. The van der Waals surface area contributed by atoms with E-state index in [1.807, 2.05) is 0 Å². The summed E-state index contributed by atoms with van der Waals surface area (Å²) in [5.41, 5.74) is 0.233. The number of alkyl halides is 3. The molecule has 23 heavy (non-hydrogen) atoms. The van der Waals surface area contributed by atoms with Gasteiger partial charge in [-0.3, -0.25) is 4.79 Å². The Hall–Kier alpha value is -0.360. The number of hydrogen-bond acceptors (Lipinski definition) is 3. The van der Waals surface area contributed by atoms with Gasteiger partial charge in [0, 0.05) is 11.2 Å². The summed E-state index contributed by atoms with van der Waals surface area (Å²) in [6.45, 7) is 0. The number of hydrogen-bond donors (Lipinski definition) is 1. The van der Waals surface area contributed by atoms with E-state index in [1.54, 1.807) is 30.5 Å². The van der Waals surface area contributed by atoms with Crippen molar-refractivity contribution in [2.45, 2.75) is 14.2 Å². The molecule has 0 unspecified atom stereocenters. The number of nitrogens with zero attached hydrogens (tertiary/aromatic N) is 1. The Labute approximate surface area is 162 Å². The fourth-order valence-corrected chi connectivity index (χ4v) is 3.46. The van der Waals surface area contributed by atoms with Crippen molar-refractivity contribution in [3.8, 4) is 0 Å². The molecule has 0 spiro atoms. The molecule has 1 aromatic carbocycles. The summed E-state index contributed by atoms with van der Waals surface area (Å²) in [4.78, 5) is 16.5. The lowest BCUT2D eigenvalue weighted by atomic mass is 10.2. The van der Waals surface area contributed by atoms with E-state index in [1.165, 1.54) is 12.1 Å². The monoisotopic (exact) mass is 428 g/mol. The van der Waals surface area contributed by atoms with Crippen molar-refractivity contribution < 1.29 is 4.79 Å². The first-order valence-corrected chi connectivity index (χ1v) is 8.94. The normalized spacial score (nSPS) is 12.7. The Kier molecular flexibility index (Phi) is 6.72. The predicted molar refractivity (Wildman–Crippen MR) is 98.1 cm³/mol. The lowest BCUT2D eigenvalue weighted by Crippen LogP contribution is -2.41. The Morgan fingerprint density at radius 2 is 1.91 bits per heavy atom. The van der Waals surface area contributed by atoms with Gasteiger partial charge in [-0.25, -0.2) is 4.98 Å². The van der Waals surface area contributed by atoms with Crippen molar-refractivity contribution in [3.05, 3.63) is 58.2 Å². The number of amides is 1. The van der Waals surface area contributed by atoms with Crippen molar-refractivity contribution in [1.29, 1.82) is 0 Å². The van der Waals surface area contributed by atoms with E-state index in [9.17, 15) is 4.79 Å². The van der Waals surface area contributed by atoms with Crippen molar-refractivity contribution in [1.82, 2.24) is 10.3 Å². The van der Waals surface area contributed by atoms with Gasteiger partial charge in [-0.1, -0.05) is 75.8 Å². The van der Waals surface area contributed by atoms with Gasteiger partial charge < -0.3 is 5.32 Å². The van der Waals surface area contributed by atoms with E-state index < -0.39 is 15.1 Å². The van der Waals surface area contributed by atoms with Crippen LogP contribution in [-0.2, 0) is 0 Å². The maximum Gasteiger partial charge on any atom is 0.253 e. The minimum Gasteiger partial charge on any atom is -0.336 e. The topological polar surface area (TPSA) is 42.0 Å². The van der Waals surface area contributed by atoms with Crippen LogP contribution in [0.2, 0.25) is 10.0 Å². The van der Waals surface area contributed by atoms with Gasteiger partial charge >= 0.3 is 0 Å². The van der Waals surface area contributed by atoms with Crippen LogP contribution in [0.5, 0.6) is 0 Å². The first kappa shape index (κ1) is 19.0. The number of carbonyl (C=O) groups is 1. The highest BCUT2D eigenvalue weighted by Gasteiger charge is 2.35. The summed E-state index contributed by atoms with van der Waals surface area (Å²) in [5, 5.41) is 3.02. The van der Waals surface area contributed by atoms with E-state index in [0.29, 0.717) is 10.0 Å². The highest BCUT2D eigenvalue weighted by Crippen LogP contribution is 2.39.